The summed E-state index contributed by atoms with van der Waals surface area (Å²) < 4.78 is 5.25. The molecule has 1 saturated carbocycles. The Bertz CT molecular complexity index is 400. The van der Waals surface area contributed by atoms with Crippen LogP contribution in [0.2, 0.25) is 0 Å². The van der Waals surface area contributed by atoms with E-state index in [0.29, 0.717) is 6.42 Å². The number of methoxy groups -OCH3 is 1. The van der Waals surface area contributed by atoms with Crippen LogP contribution in [0.1, 0.15) is 18.9 Å². The van der Waals surface area contributed by atoms with E-state index in [-0.39, 0.29) is 11.3 Å². The van der Waals surface area contributed by atoms with Crippen molar-refractivity contribution < 1.29 is 14.6 Å². The summed E-state index contributed by atoms with van der Waals surface area (Å²) in [6.45, 7) is 1.98. The topological polar surface area (TPSA) is 46.5 Å². The first kappa shape index (κ1) is 10.0. The second-order valence-corrected chi connectivity index (χ2v) is 4.21. The molecule has 1 fully saturated rings. The van der Waals surface area contributed by atoms with Crippen LogP contribution in [0.3, 0.4) is 0 Å². The Morgan fingerprint density at radius 3 is 2.73 bits per heavy atom. The van der Waals surface area contributed by atoms with Gasteiger partial charge in [-0.3, -0.25) is 4.79 Å². The van der Waals surface area contributed by atoms with Crippen LogP contribution in [-0.2, 0) is 10.2 Å². The standard InChI is InChI=1S/C12H14O3/c1-12(7-9(12)11(13)14)8-5-3-4-6-10(8)15-2/h3-6,9H,7H2,1-2H3,(H,13,14)/t9-,12-/m1/s1. The maximum absolute atomic E-state index is 10.9. The lowest BCUT2D eigenvalue weighted by atomic mass is 9.94. The van der Waals surface area contributed by atoms with Crippen molar-refractivity contribution in [1.82, 2.24) is 0 Å². The molecule has 3 nitrogen and oxygen atoms in total. The Balaban J connectivity index is 2.35. The number of para-hydroxylation sites is 1. The summed E-state index contributed by atoms with van der Waals surface area (Å²) >= 11 is 0. The Labute approximate surface area is 88.7 Å². The van der Waals surface area contributed by atoms with Crippen molar-refractivity contribution in [1.29, 1.82) is 0 Å². The van der Waals surface area contributed by atoms with Gasteiger partial charge in [0.2, 0.25) is 0 Å². The molecule has 3 heteroatoms. The van der Waals surface area contributed by atoms with Crippen molar-refractivity contribution in [3.05, 3.63) is 29.8 Å². The summed E-state index contributed by atoms with van der Waals surface area (Å²) in [7, 11) is 1.61. The summed E-state index contributed by atoms with van der Waals surface area (Å²) in [6.07, 6.45) is 0.697. The molecule has 0 radical (unpaired) electrons. The molecule has 2 rings (SSSR count). The molecule has 2 atom stereocenters. The van der Waals surface area contributed by atoms with Crippen molar-refractivity contribution in [2.45, 2.75) is 18.8 Å². The second kappa shape index (κ2) is 3.26. The molecule has 1 aliphatic rings. The zero-order chi connectivity index (χ0) is 11.1. The number of benzene rings is 1. The minimum atomic E-state index is -0.719. The van der Waals surface area contributed by atoms with Crippen LogP contribution in [0.4, 0.5) is 0 Å². The molecule has 80 valence electrons. The van der Waals surface area contributed by atoms with Gasteiger partial charge in [0.25, 0.3) is 0 Å². The molecule has 0 spiro atoms. The van der Waals surface area contributed by atoms with E-state index in [1.54, 1.807) is 7.11 Å². The van der Waals surface area contributed by atoms with Crippen molar-refractivity contribution >= 4 is 5.97 Å². The van der Waals surface area contributed by atoms with Gasteiger partial charge in [-0.25, -0.2) is 0 Å². The van der Waals surface area contributed by atoms with E-state index in [0.717, 1.165) is 11.3 Å². The first-order valence-electron chi connectivity index (χ1n) is 4.96. The molecule has 0 unspecified atom stereocenters. The van der Waals surface area contributed by atoms with E-state index in [4.69, 9.17) is 9.84 Å². The van der Waals surface area contributed by atoms with Crippen molar-refractivity contribution in [3.8, 4) is 5.75 Å². The molecular weight excluding hydrogens is 192 g/mol. The number of rotatable bonds is 3. The Kier molecular flexibility index (Phi) is 2.18. The Morgan fingerprint density at radius 1 is 1.53 bits per heavy atom. The molecule has 0 heterocycles. The summed E-state index contributed by atoms with van der Waals surface area (Å²) in [4.78, 5) is 10.9. The maximum atomic E-state index is 10.9. The number of hydrogen-bond donors (Lipinski definition) is 1. The molecule has 1 N–H and O–H groups in total. The smallest absolute Gasteiger partial charge is 0.307 e. The number of ether oxygens (including phenoxy) is 1. The predicted molar refractivity (Wildman–Crippen MR) is 56.1 cm³/mol. The van der Waals surface area contributed by atoms with Crippen molar-refractivity contribution in [3.63, 3.8) is 0 Å². The molecule has 1 aromatic rings. The van der Waals surface area contributed by atoms with Gasteiger partial charge in [-0.2, -0.15) is 0 Å². The Hall–Kier alpha value is -1.51. The first-order chi connectivity index (χ1) is 7.09. The third-order valence-electron chi connectivity index (χ3n) is 3.26. The average Bonchev–Trinajstić information content (AvgIpc) is 2.92. The van der Waals surface area contributed by atoms with Gasteiger partial charge < -0.3 is 9.84 Å². The van der Waals surface area contributed by atoms with Crippen LogP contribution < -0.4 is 4.74 Å². The highest BCUT2D eigenvalue weighted by molar-refractivity contribution is 5.77. The highest BCUT2D eigenvalue weighted by Crippen LogP contribution is 2.56. The number of carboxylic acid groups (broad SMARTS) is 1. The van der Waals surface area contributed by atoms with E-state index < -0.39 is 5.97 Å². The lowest BCUT2D eigenvalue weighted by molar-refractivity contribution is -0.138. The minimum absolute atomic E-state index is 0.252. The van der Waals surface area contributed by atoms with Gasteiger partial charge in [0.15, 0.2) is 0 Å². The van der Waals surface area contributed by atoms with Gasteiger partial charge in [-0.05, 0) is 12.5 Å². The average molecular weight is 206 g/mol. The lowest BCUT2D eigenvalue weighted by Gasteiger charge is -2.14. The molecule has 0 saturated heterocycles. The zero-order valence-electron chi connectivity index (χ0n) is 8.86. The molecule has 1 aromatic carbocycles. The highest BCUT2D eigenvalue weighted by Gasteiger charge is 2.57. The highest BCUT2D eigenvalue weighted by atomic mass is 16.5. The molecule has 0 bridgehead atoms. The van der Waals surface area contributed by atoms with Crippen LogP contribution in [0.25, 0.3) is 0 Å². The summed E-state index contributed by atoms with van der Waals surface area (Å²) in [5.41, 5.74) is 0.748. The fourth-order valence-corrected chi connectivity index (χ4v) is 2.14. The quantitative estimate of drug-likeness (QED) is 0.823. The largest absolute Gasteiger partial charge is 0.496 e. The number of carbonyl (C=O) groups is 1. The van der Waals surface area contributed by atoms with E-state index in [2.05, 4.69) is 0 Å². The van der Waals surface area contributed by atoms with Crippen molar-refractivity contribution in [2.75, 3.05) is 7.11 Å². The summed E-state index contributed by atoms with van der Waals surface area (Å²) in [6, 6.07) is 7.63. The zero-order valence-corrected chi connectivity index (χ0v) is 8.86. The fourth-order valence-electron chi connectivity index (χ4n) is 2.14. The van der Waals surface area contributed by atoms with Gasteiger partial charge in [0, 0.05) is 11.0 Å². The van der Waals surface area contributed by atoms with Crippen LogP contribution in [-0.4, -0.2) is 18.2 Å². The third kappa shape index (κ3) is 1.48. The third-order valence-corrected chi connectivity index (χ3v) is 3.26. The van der Waals surface area contributed by atoms with Gasteiger partial charge in [-0.15, -0.1) is 0 Å². The number of carboxylic acids is 1. The molecule has 0 amide bonds. The van der Waals surface area contributed by atoms with Crippen LogP contribution in [0.15, 0.2) is 24.3 Å². The van der Waals surface area contributed by atoms with E-state index in [9.17, 15) is 4.79 Å². The van der Waals surface area contributed by atoms with E-state index in [1.807, 2.05) is 31.2 Å². The Morgan fingerprint density at radius 2 is 2.20 bits per heavy atom. The van der Waals surface area contributed by atoms with Crippen LogP contribution in [0, 0.1) is 5.92 Å². The monoisotopic (exact) mass is 206 g/mol. The number of hydrogen-bond acceptors (Lipinski definition) is 2. The minimum Gasteiger partial charge on any atom is -0.496 e. The predicted octanol–water partition coefficient (Wildman–Crippen LogP) is 2.06. The van der Waals surface area contributed by atoms with Gasteiger partial charge >= 0.3 is 5.97 Å². The number of aliphatic carboxylic acids is 1. The van der Waals surface area contributed by atoms with Crippen molar-refractivity contribution in [2.24, 2.45) is 5.92 Å². The second-order valence-electron chi connectivity index (χ2n) is 4.21. The molecular formula is C12H14O3. The normalized spacial score (nSPS) is 28.5. The molecule has 15 heavy (non-hydrogen) atoms. The summed E-state index contributed by atoms with van der Waals surface area (Å²) in [5.74, 6) is -0.207. The van der Waals surface area contributed by atoms with Gasteiger partial charge in [-0.1, -0.05) is 25.1 Å². The van der Waals surface area contributed by atoms with Crippen LogP contribution >= 0.6 is 0 Å². The van der Waals surface area contributed by atoms with E-state index in [1.165, 1.54) is 0 Å². The summed E-state index contributed by atoms with van der Waals surface area (Å²) in [5, 5.41) is 8.97. The SMILES string of the molecule is COc1ccccc1[C@@]1(C)C[C@@H]1C(=O)O. The van der Waals surface area contributed by atoms with Crippen LogP contribution in [0.5, 0.6) is 5.75 Å². The van der Waals surface area contributed by atoms with Gasteiger partial charge in [0.1, 0.15) is 5.75 Å². The molecule has 1 aliphatic carbocycles. The maximum Gasteiger partial charge on any atom is 0.307 e. The van der Waals surface area contributed by atoms with Gasteiger partial charge in [0.05, 0.1) is 13.0 Å². The lowest BCUT2D eigenvalue weighted by Crippen LogP contribution is -2.12. The first-order valence-corrected chi connectivity index (χ1v) is 4.96. The van der Waals surface area contributed by atoms with E-state index >= 15 is 0 Å². The fraction of sp³-hybridized carbons (Fsp3) is 0.417. The molecule has 0 aromatic heterocycles. The molecule has 0 aliphatic heterocycles.